The number of piperidine rings is 1. The quantitative estimate of drug-likeness (QED) is 0.643. The van der Waals surface area contributed by atoms with Gasteiger partial charge in [0.05, 0.1) is 12.6 Å². The number of amides is 2. The number of carbonyl (C=O) groups is 2. The van der Waals surface area contributed by atoms with E-state index in [2.05, 4.69) is 15.5 Å². The van der Waals surface area contributed by atoms with Crippen LogP contribution in [0.3, 0.4) is 0 Å². The van der Waals surface area contributed by atoms with E-state index in [1.54, 1.807) is 0 Å². The highest BCUT2D eigenvalue weighted by Gasteiger charge is 2.50. The minimum Gasteiger partial charge on any atom is -0.469 e. The Hall–Kier alpha value is -1.01. The molecular weight excluding hydrogens is 366 g/mol. The summed E-state index contributed by atoms with van der Waals surface area (Å²) < 4.78 is 4.89. The largest absolute Gasteiger partial charge is 0.469 e. The fourth-order valence-electron chi connectivity index (χ4n) is 5.28. The number of methoxy groups -OCH3 is 1. The van der Waals surface area contributed by atoms with Crippen LogP contribution in [0.2, 0.25) is 0 Å². The first-order chi connectivity index (χ1) is 12.7. The van der Waals surface area contributed by atoms with E-state index >= 15 is 0 Å². The smallest absolute Gasteiger partial charge is 0.318 e. The second-order valence-electron chi connectivity index (χ2n) is 8.31. The lowest BCUT2D eigenvalue weighted by Gasteiger charge is -2.45. The molecule has 1 unspecified atom stereocenters. The van der Waals surface area contributed by atoms with Gasteiger partial charge in [-0.15, -0.1) is 12.4 Å². The van der Waals surface area contributed by atoms with Crippen LogP contribution in [0.1, 0.15) is 64.2 Å². The maximum atomic E-state index is 12.7. The predicted molar refractivity (Wildman–Crippen MR) is 108 cm³/mol. The van der Waals surface area contributed by atoms with Gasteiger partial charge >= 0.3 is 12.0 Å². The van der Waals surface area contributed by atoms with Gasteiger partial charge in [0.1, 0.15) is 0 Å². The Morgan fingerprint density at radius 2 is 1.89 bits per heavy atom. The van der Waals surface area contributed by atoms with Crippen molar-refractivity contribution in [3.05, 3.63) is 0 Å². The summed E-state index contributed by atoms with van der Waals surface area (Å²) in [5.41, 5.74) is -0.210. The Bertz CT molecular complexity index is 493. The number of ether oxygens (including phenoxy) is 1. The van der Waals surface area contributed by atoms with E-state index in [0.717, 1.165) is 32.5 Å². The van der Waals surface area contributed by atoms with Gasteiger partial charge in [-0.2, -0.15) is 0 Å². The zero-order chi connectivity index (χ0) is 18.4. The number of carbonyl (C=O) groups excluding carboxylic acids is 2. The van der Waals surface area contributed by atoms with Crippen molar-refractivity contribution in [3.8, 4) is 0 Å². The van der Waals surface area contributed by atoms with Gasteiger partial charge in [0, 0.05) is 19.5 Å². The van der Waals surface area contributed by atoms with E-state index in [0.29, 0.717) is 24.8 Å². The molecule has 3 aliphatic rings. The van der Waals surface area contributed by atoms with Crippen molar-refractivity contribution >= 4 is 24.4 Å². The number of rotatable bonds is 7. The molecule has 27 heavy (non-hydrogen) atoms. The molecule has 0 aromatic rings. The zero-order valence-corrected chi connectivity index (χ0v) is 17.5. The topological polar surface area (TPSA) is 70.7 Å². The third kappa shape index (κ3) is 5.29. The Labute approximate surface area is 169 Å². The molecule has 0 bridgehead atoms. The first-order valence-electron chi connectivity index (χ1n) is 10.5. The van der Waals surface area contributed by atoms with Crippen LogP contribution in [0.4, 0.5) is 4.79 Å². The highest BCUT2D eigenvalue weighted by Crippen LogP contribution is 2.42. The van der Waals surface area contributed by atoms with E-state index in [1.165, 1.54) is 52.1 Å². The molecule has 1 atom stereocenters. The minimum atomic E-state index is -0.210. The van der Waals surface area contributed by atoms with E-state index in [1.807, 2.05) is 0 Å². The summed E-state index contributed by atoms with van der Waals surface area (Å²) in [5.74, 6) is 1.03. The van der Waals surface area contributed by atoms with Gasteiger partial charge in [-0.1, -0.05) is 19.3 Å². The van der Waals surface area contributed by atoms with Gasteiger partial charge in [-0.25, -0.2) is 4.79 Å². The van der Waals surface area contributed by atoms with Crippen LogP contribution < -0.4 is 10.6 Å². The fraction of sp³-hybridized carbons (Fsp3) is 0.900. The van der Waals surface area contributed by atoms with Crippen molar-refractivity contribution in [2.45, 2.75) is 69.7 Å². The number of hydrogen-bond donors (Lipinski definition) is 2. The first kappa shape index (κ1) is 22.3. The molecule has 0 aromatic carbocycles. The maximum Gasteiger partial charge on any atom is 0.318 e. The van der Waals surface area contributed by atoms with Crippen molar-refractivity contribution < 1.29 is 14.3 Å². The summed E-state index contributed by atoms with van der Waals surface area (Å²) in [6.07, 6.45) is 10.7. The SMILES string of the molecule is COC(=O)CCC1(C2CCCCC2)CNC(=O)N1CCC1CCNCC1.Cl. The van der Waals surface area contributed by atoms with Crippen LogP contribution in [0.5, 0.6) is 0 Å². The van der Waals surface area contributed by atoms with Crippen molar-refractivity contribution in [2.24, 2.45) is 11.8 Å². The third-order valence-corrected chi connectivity index (χ3v) is 6.90. The molecule has 2 amide bonds. The fourth-order valence-corrected chi connectivity index (χ4v) is 5.28. The molecule has 3 rings (SSSR count). The molecular formula is C20H36ClN3O3. The number of nitrogens with one attached hydrogen (secondary N) is 2. The van der Waals surface area contributed by atoms with Crippen LogP contribution in [0, 0.1) is 11.8 Å². The van der Waals surface area contributed by atoms with E-state index in [4.69, 9.17) is 4.74 Å². The molecule has 0 aromatic heterocycles. The summed E-state index contributed by atoms with van der Waals surface area (Å²) in [5, 5.41) is 6.52. The molecule has 156 valence electrons. The number of hydrogen-bond acceptors (Lipinski definition) is 4. The predicted octanol–water partition coefficient (Wildman–Crippen LogP) is 3.10. The van der Waals surface area contributed by atoms with Crippen molar-refractivity contribution in [1.82, 2.24) is 15.5 Å². The van der Waals surface area contributed by atoms with Crippen molar-refractivity contribution in [1.29, 1.82) is 0 Å². The lowest BCUT2D eigenvalue weighted by Crippen LogP contribution is -2.54. The van der Waals surface area contributed by atoms with Crippen LogP contribution in [0.15, 0.2) is 0 Å². The van der Waals surface area contributed by atoms with Gasteiger partial charge < -0.3 is 20.3 Å². The molecule has 2 aliphatic heterocycles. The van der Waals surface area contributed by atoms with Gasteiger partial charge in [0.15, 0.2) is 0 Å². The van der Waals surface area contributed by atoms with Crippen LogP contribution in [-0.4, -0.2) is 55.7 Å². The van der Waals surface area contributed by atoms with E-state index < -0.39 is 0 Å². The summed E-state index contributed by atoms with van der Waals surface area (Å²) in [6.45, 7) is 3.67. The lowest BCUT2D eigenvalue weighted by molar-refractivity contribution is -0.141. The molecule has 2 heterocycles. The standard InChI is InChI=1S/C20H35N3O3.ClH/c1-26-18(24)7-11-20(17-5-3-2-4-6-17)15-22-19(25)23(20)14-10-16-8-12-21-13-9-16;/h16-17,21H,2-15H2,1H3,(H,22,25);1H. The molecule has 2 N–H and O–H groups in total. The van der Waals surface area contributed by atoms with Gasteiger partial charge in [-0.05, 0) is 63.5 Å². The lowest BCUT2D eigenvalue weighted by atomic mass is 9.71. The second-order valence-corrected chi connectivity index (χ2v) is 8.31. The number of halogens is 1. The molecule has 7 heteroatoms. The summed E-state index contributed by atoms with van der Waals surface area (Å²) >= 11 is 0. The van der Waals surface area contributed by atoms with Gasteiger partial charge in [-0.3, -0.25) is 4.79 Å². The van der Waals surface area contributed by atoms with Crippen LogP contribution >= 0.6 is 12.4 Å². The first-order valence-corrected chi connectivity index (χ1v) is 10.5. The third-order valence-electron chi connectivity index (χ3n) is 6.90. The van der Waals surface area contributed by atoms with Crippen molar-refractivity contribution in [2.75, 3.05) is 33.3 Å². The summed E-state index contributed by atoms with van der Waals surface area (Å²) in [7, 11) is 1.45. The monoisotopic (exact) mass is 401 g/mol. The molecule has 1 saturated carbocycles. The van der Waals surface area contributed by atoms with Crippen LogP contribution in [0.25, 0.3) is 0 Å². The molecule has 6 nitrogen and oxygen atoms in total. The zero-order valence-electron chi connectivity index (χ0n) is 16.6. The van der Waals surface area contributed by atoms with Crippen molar-refractivity contribution in [3.63, 3.8) is 0 Å². The number of urea groups is 1. The Morgan fingerprint density at radius 1 is 1.19 bits per heavy atom. The van der Waals surface area contributed by atoms with Gasteiger partial charge in [0.2, 0.25) is 0 Å². The normalized spacial score (nSPS) is 27.1. The van der Waals surface area contributed by atoms with E-state index in [9.17, 15) is 9.59 Å². The average Bonchev–Trinajstić information content (AvgIpc) is 3.02. The molecule has 3 fully saturated rings. The van der Waals surface area contributed by atoms with Gasteiger partial charge in [0.25, 0.3) is 0 Å². The highest BCUT2D eigenvalue weighted by molar-refractivity contribution is 5.85. The molecule has 2 saturated heterocycles. The minimum absolute atomic E-state index is 0. The summed E-state index contributed by atoms with van der Waals surface area (Å²) in [6, 6.07) is 0.0642. The maximum absolute atomic E-state index is 12.7. The van der Waals surface area contributed by atoms with E-state index in [-0.39, 0.29) is 29.9 Å². The molecule has 1 aliphatic carbocycles. The Balaban J connectivity index is 0.00000261. The average molecular weight is 402 g/mol. The summed E-state index contributed by atoms with van der Waals surface area (Å²) in [4.78, 5) is 26.6. The molecule has 0 spiro atoms. The highest BCUT2D eigenvalue weighted by atomic mass is 35.5. The Morgan fingerprint density at radius 3 is 2.56 bits per heavy atom. The number of esters is 1. The Kier molecular flexibility index (Phi) is 8.67. The molecule has 0 radical (unpaired) electrons. The second kappa shape index (κ2) is 10.5. The number of nitrogens with zero attached hydrogens (tertiary/aromatic N) is 1. The van der Waals surface area contributed by atoms with Crippen LogP contribution in [-0.2, 0) is 9.53 Å².